The largest absolute Gasteiger partial charge is 0.476 e. The minimum absolute atomic E-state index is 0.000772. The number of hydrogen-bond donors (Lipinski definition) is 1. The third-order valence-corrected chi connectivity index (χ3v) is 3.15. The molecule has 98 valence electrons. The van der Waals surface area contributed by atoms with Crippen LogP contribution >= 0.6 is 34.8 Å². The van der Waals surface area contributed by atoms with Gasteiger partial charge >= 0.3 is 5.97 Å². The highest BCUT2D eigenvalue weighted by Crippen LogP contribution is 2.38. The summed E-state index contributed by atoms with van der Waals surface area (Å²) in [5.41, 5.74) is -0.163. The third-order valence-electron chi connectivity index (χ3n) is 2.33. The smallest absolute Gasteiger partial charge is 0.355 e. The van der Waals surface area contributed by atoms with Crippen molar-refractivity contribution in [1.29, 1.82) is 0 Å². The highest BCUT2D eigenvalue weighted by atomic mass is 35.5. The highest BCUT2D eigenvalue weighted by molar-refractivity contribution is 6.42. The lowest BCUT2D eigenvalue weighted by atomic mass is 10.0. The fourth-order valence-corrected chi connectivity index (χ4v) is 2.62. The molecule has 0 radical (unpaired) electrons. The molecule has 0 aliphatic carbocycles. The van der Waals surface area contributed by atoms with Crippen LogP contribution in [0.3, 0.4) is 0 Å². The van der Waals surface area contributed by atoms with Crippen molar-refractivity contribution in [3.8, 4) is 11.1 Å². The second kappa shape index (κ2) is 5.33. The van der Waals surface area contributed by atoms with E-state index in [0.717, 1.165) is 12.3 Å². The third kappa shape index (κ3) is 2.81. The Morgan fingerprint density at radius 3 is 2.26 bits per heavy atom. The van der Waals surface area contributed by atoms with Crippen molar-refractivity contribution in [3.05, 3.63) is 51.0 Å². The predicted octanol–water partition coefficient (Wildman–Crippen LogP) is 4.55. The monoisotopic (exact) mass is 319 g/mol. The molecule has 0 fully saturated rings. The van der Waals surface area contributed by atoms with Gasteiger partial charge in [-0.25, -0.2) is 14.2 Å². The summed E-state index contributed by atoms with van der Waals surface area (Å²) in [4.78, 5) is 14.6. The average molecular weight is 321 g/mol. The minimum atomic E-state index is -1.31. The van der Waals surface area contributed by atoms with E-state index < -0.39 is 11.8 Å². The van der Waals surface area contributed by atoms with Gasteiger partial charge < -0.3 is 5.11 Å². The van der Waals surface area contributed by atoms with Crippen LogP contribution in [0.2, 0.25) is 15.1 Å². The molecule has 0 atom stereocenters. The molecule has 1 heterocycles. The molecule has 0 bridgehead atoms. The van der Waals surface area contributed by atoms with Crippen molar-refractivity contribution in [2.45, 2.75) is 0 Å². The van der Waals surface area contributed by atoms with Gasteiger partial charge in [0.2, 0.25) is 0 Å². The maximum absolute atomic E-state index is 13.3. The second-order valence-electron chi connectivity index (χ2n) is 3.60. The second-order valence-corrected chi connectivity index (χ2v) is 4.85. The number of pyridine rings is 1. The molecule has 0 saturated carbocycles. The summed E-state index contributed by atoms with van der Waals surface area (Å²) in [6.45, 7) is 0. The first-order valence-electron chi connectivity index (χ1n) is 4.94. The Kier molecular flexibility index (Phi) is 3.94. The molecular weight excluding hydrogens is 315 g/mol. The number of aromatic nitrogens is 1. The molecule has 1 aromatic carbocycles. The molecule has 2 rings (SSSR count). The van der Waals surface area contributed by atoms with Gasteiger partial charge in [-0.2, -0.15) is 0 Å². The zero-order valence-corrected chi connectivity index (χ0v) is 11.4. The lowest BCUT2D eigenvalue weighted by Crippen LogP contribution is -2.04. The van der Waals surface area contributed by atoms with Gasteiger partial charge in [0.15, 0.2) is 5.69 Å². The topological polar surface area (TPSA) is 50.2 Å². The Morgan fingerprint density at radius 2 is 1.74 bits per heavy atom. The molecule has 1 N–H and O–H groups in total. The number of carboxylic acids is 1. The van der Waals surface area contributed by atoms with Crippen LogP contribution in [0.15, 0.2) is 24.4 Å². The fraction of sp³-hybridized carbons (Fsp3) is 0. The quantitative estimate of drug-likeness (QED) is 0.883. The van der Waals surface area contributed by atoms with Gasteiger partial charge in [0.25, 0.3) is 0 Å². The van der Waals surface area contributed by atoms with Gasteiger partial charge in [-0.1, -0.05) is 34.8 Å². The lowest BCUT2D eigenvalue weighted by molar-refractivity contribution is 0.0691. The van der Waals surface area contributed by atoms with Crippen LogP contribution in [0.1, 0.15) is 10.5 Å². The Hall–Kier alpha value is -1.36. The number of halogens is 4. The zero-order valence-electron chi connectivity index (χ0n) is 9.12. The first-order valence-corrected chi connectivity index (χ1v) is 6.07. The van der Waals surface area contributed by atoms with E-state index >= 15 is 0 Å². The van der Waals surface area contributed by atoms with E-state index in [0.29, 0.717) is 5.02 Å². The van der Waals surface area contributed by atoms with Crippen LogP contribution < -0.4 is 0 Å². The molecule has 0 unspecified atom stereocenters. The molecule has 0 amide bonds. The number of aromatic carboxylic acids is 1. The fourth-order valence-electron chi connectivity index (χ4n) is 1.60. The summed E-state index contributed by atoms with van der Waals surface area (Å²) in [5.74, 6) is -2.00. The molecule has 0 aliphatic rings. The first kappa shape index (κ1) is 14.1. The molecule has 0 spiro atoms. The Bertz CT molecular complexity index is 653. The Labute approximate surface area is 122 Å². The van der Waals surface area contributed by atoms with Crippen LogP contribution in [0.5, 0.6) is 0 Å². The first-order chi connectivity index (χ1) is 8.90. The van der Waals surface area contributed by atoms with Gasteiger partial charge in [0, 0.05) is 16.1 Å². The van der Waals surface area contributed by atoms with Crippen LogP contribution in [0, 0.1) is 5.82 Å². The molecule has 19 heavy (non-hydrogen) atoms. The highest BCUT2D eigenvalue weighted by Gasteiger charge is 2.19. The average Bonchev–Trinajstić information content (AvgIpc) is 2.27. The van der Waals surface area contributed by atoms with Crippen molar-refractivity contribution in [1.82, 2.24) is 4.98 Å². The predicted molar refractivity (Wildman–Crippen MR) is 71.6 cm³/mol. The van der Waals surface area contributed by atoms with E-state index in [4.69, 9.17) is 39.9 Å². The van der Waals surface area contributed by atoms with Crippen LogP contribution in [-0.4, -0.2) is 16.1 Å². The molecule has 3 nitrogen and oxygen atoms in total. The van der Waals surface area contributed by atoms with Gasteiger partial charge in [-0.15, -0.1) is 0 Å². The summed E-state index contributed by atoms with van der Waals surface area (Å²) in [7, 11) is 0. The number of nitrogens with zero attached hydrogens (tertiary/aromatic N) is 1. The van der Waals surface area contributed by atoms with Crippen LogP contribution in [-0.2, 0) is 0 Å². The maximum Gasteiger partial charge on any atom is 0.355 e. The normalized spacial score (nSPS) is 10.5. The standard InChI is InChI=1S/C12H5Cl3FNO2/c13-5-1-8(14)10(9(15)2-5)7-3-6(16)4-17-11(7)12(18)19/h1-4H,(H,18,19). The summed E-state index contributed by atoms with van der Waals surface area (Å²) in [6, 6.07) is 3.79. The Morgan fingerprint density at radius 1 is 1.16 bits per heavy atom. The van der Waals surface area contributed by atoms with Crippen molar-refractivity contribution in [2.24, 2.45) is 0 Å². The van der Waals surface area contributed by atoms with Gasteiger partial charge in [0.1, 0.15) is 5.82 Å². The van der Waals surface area contributed by atoms with E-state index in [1.807, 2.05) is 0 Å². The van der Waals surface area contributed by atoms with Crippen LogP contribution in [0.25, 0.3) is 11.1 Å². The Balaban J connectivity index is 2.78. The lowest BCUT2D eigenvalue weighted by Gasteiger charge is -2.10. The number of rotatable bonds is 2. The summed E-state index contributed by atoms with van der Waals surface area (Å²) in [5, 5.41) is 9.58. The van der Waals surface area contributed by atoms with Crippen molar-refractivity contribution in [3.63, 3.8) is 0 Å². The number of hydrogen-bond acceptors (Lipinski definition) is 2. The summed E-state index contributed by atoms with van der Waals surface area (Å²) >= 11 is 17.7. The van der Waals surface area contributed by atoms with Crippen molar-refractivity contribution in [2.75, 3.05) is 0 Å². The SMILES string of the molecule is O=C(O)c1ncc(F)cc1-c1c(Cl)cc(Cl)cc1Cl. The number of carbonyl (C=O) groups is 1. The summed E-state index contributed by atoms with van der Waals surface area (Å²) in [6.07, 6.45) is 0.810. The van der Waals surface area contributed by atoms with E-state index in [-0.39, 0.29) is 26.9 Å². The van der Waals surface area contributed by atoms with Crippen LogP contribution in [0.4, 0.5) is 4.39 Å². The molecular formula is C12H5Cl3FNO2. The van der Waals surface area contributed by atoms with E-state index in [1.165, 1.54) is 12.1 Å². The molecule has 0 aliphatic heterocycles. The maximum atomic E-state index is 13.3. The minimum Gasteiger partial charge on any atom is -0.476 e. The molecule has 1 aromatic heterocycles. The number of benzene rings is 1. The molecule has 2 aromatic rings. The van der Waals surface area contributed by atoms with Crippen molar-refractivity contribution < 1.29 is 14.3 Å². The van der Waals surface area contributed by atoms with Gasteiger partial charge in [0.05, 0.1) is 16.2 Å². The van der Waals surface area contributed by atoms with E-state index in [2.05, 4.69) is 4.98 Å². The molecule has 0 saturated heterocycles. The summed E-state index contributed by atoms with van der Waals surface area (Å²) < 4.78 is 13.3. The van der Waals surface area contributed by atoms with Gasteiger partial charge in [-0.3, -0.25) is 0 Å². The zero-order chi connectivity index (χ0) is 14.2. The van der Waals surface area contributed by atoms with Crippen molar-refractivity contribution >= 4 is 40.8 Å². The number of carboxylic acid groups (broad SMARTS) is 1. The van der Waals surface area contributed by atoms with E-state index in [9.17, 15) is 9.18 Å². The van der Waals surface area contributed by atoms with E-state index in [1.54, 1.807) is 0 Å². The van der Waals surface area contributed by atoms with Gasteiger partial charge in [-0.05, 0) is 18.2 Å². The molecule has 7 heteroatoms.